The zero-order valence-corrected chi connectivity index (χ0v) is 26.7. The number of hydrogen-bond acceptors (Lipinski definition) is 5. The maximum absolute atomic E-state index is 6.69. The first kappa shape index (κ1) is 28.2. The molecular formula is C45H27N3O2. The van der Waals surface area contributed by atoms with Gasteiger partial charge in [-0.05, 0) is 59.2 Å². The summed E-state index contributed by atoms with van der Waals surface area (Å²) in [5.74, 6) is 0.664. The Bertz CT molecular complexity index is 2850. The lowest BCUT2D eigenvalue weighted by molar-refractivity contribution is 0.668. The molecule has 0 bridgehead atoms. The van der Waals surface area contributed by atoms with Crippen LogP contribution in [0.15, 0.2) is 173 Å². The van der Waals surface area contributed by atoms with Crippen molar-refractivity contribution >= 4 is 43.9 Å². The van der Waals surface area contributed by atoms with E-state index in [1.54, 1.807) is 6.20 Å². The molecule has 0 radical (unpaired) electrons. The average Bonchev–Trinajstić information content (AvgIpc) is 3.77. The van der Waals surface area contributed by atoms with Crippen LogP contribution in [0.25, 0.3) is 100 Å². The molecule has 0 fully saturated rings. The largest absolute Gasteiger partial charge is 0.456 e. The van der Waals surface area contributed by atoms with E-state index < -0.39 is 0 Å². The lowest BCUT2D eigenvalue weighted by Crippen LogP contribution is -1.96. The predicted octanol–water partition coefficient (Wildman–Crippen LogP) is 12.0. The molecule has 5 nitrogen and oxygen atoms in total. The zero-order valence-electron chi connectivity index (χ0n) is 26.7. The van der Waals surface area contributed by atoms with Crippen LogP contribution in [0, 0.1) is 0 Å². The van der Waals surface area contributed by atoms with Gasteiger partial charge in [-0.1, -0.05) is 109 Å². The molecule has 10 rings (SSSR count). The second-order valence-electron chi connectivity index (χ2n) is 12.4. The highest BCUT2D eigenvalue weighted by molar-refractivity contribution is 6.17. The highest BCUT2D eigenvalue weighted by Crippen LogP contribution is 2.43. The third-order valence-corrected chi connectivity index (χ3v) is 9.42. The molecule has 0 unspecified atom stereocenters. The molecule has 6 aromatic carbocycles. The van der Waals surface area contributed by atoms with E-state index in [-0.39, 0.29) is 0 Å². The summed E-state index contributed by atoms with van der Waals surface area (Å²) in [6.45, 7) is 0. The molecule has 4 aromatic heterocycles. The van der Waals surface area contributed by atoms with E-state index in [9.17, 15) is 0 Å². The molecule has 0 saturated carbocycles. The first-order valence-electron chi connectivity index (χ1n) is 16.6. The number of para-hydroxylation sites is 2. The van der Waals surface area contributed by atoms with Crippen molar-refractivity contribution in [1.82, 2.24) is 15.0 Å². The Labute approximate surface area is 287 Å². The Balaban J connectivity index is 1.18. The van der Waals surface area contributed by atoms with Gasteiger partial charge in [0.2, 0.25) is 0 Å². The number of benzene rings is 6. The van der Waals surface area contributed by atoms with Crippen molar-refractivity contribution in [3.05, 3.63) is 164 Å². The van der Waals surface area contributed by atoms with Gasteiger partial charge in [0.05, 0.1) is 11.4 Å². The molecular weight excluding hydrogens is 615 g/mol. The molecule has 234 valence electrons. The van der Waals surface area contributed by atoms with Crippen LogP contribution >= 0.6 is 0 Å². The van der Waals surface area contributed by atoms with Gasteiger partial charge in [0.15, 0.2) is 5.82 Å². The summed E-state index contributed by atoms with van der Waals surface area (Å²) >= 11 is 0. The minimum atomic E-state index is 0.664. The van der Waals surface area contributed by atoms with Gasteiger partial charge in [0.1, 0.15) is 22.3 Å². The Kier molecular flexibility index (Phi) is 6.42. The second kappa shape index (κ2) is 11.4. The minimum absolute atomic E-state index is 0.664. The number of aromatic nitrogens is 3. The number of hydrogen-bond donors (Lipinski definition) is 0. The normalized spacial score (nSPS) is 11.6. The minimum Gasteiger partial charge on any atom is -0.456 e. The quantitative estimate of drug-likeness (QED) is 0.187. The summed E-state index contributed by atoms with van der Waals surface area (Å²) in [5.41, 5.74) is 12.2. The topological polar surface area (TPSA) is 65.0 Å². The van der Waals surface area contributed by atoms with Crippen LogP contribution in [0.5, 0.6) is 0 Å². The van der Waals surface area contributed by atoms with Gasteiger partial charge in [0.25, 0.3) is 0 Å². The monoisotopic (exact) mass is 641 g/mol. The van der Waals surface area contributed by atoms with Crippen molar-refractivity contribution in [1.29, 1.82) is 0 Å². The van der Waals surface area contributed by atoms with Gasteiger partial charge in [-0.15, -0.1) is 0 Å². The predicted molar refractivity (Wildman–Crippen MR) is 202 cm³/mol. The summed E-state index contributed by atoms with van der Waals surface area (Å²) in [6, 6.07) is 51.8. The standard InChI is InChI=1S/C45H27N3O2/c1-2-9-30(10-3-1)45-47-38(29-18-16-28(17-19-29)32-11-8-24-46-27-32)26-39(48-45)35-22-21-33(44-43(35)36-13-5-7-15-41(36)50-44)31-20-23-42-37(25-31)34-12-4-6-14-40(34)49-42/h1-27H. The molecule has 5 heteroatoms. The summed E-state index contributed by atoms with van der Waals surface area (Å²) in [5, 5.41) is 4.23. The SMILES string of the molecule is c1ccc(-c2nc(-c3ccc(-c4cccnc4)cc3)cc(-c3ccc(-c4ccc5oc6ccccc6c5c4)c4oc5ccccc5c34)n2)cc1. The number of rotatable bonds is 5. The van der Waals surface area contributed by atoms with E-state index in [2.05, 4.69) is 102 Å². The molecule has 0 aliphatic rings. The van der Waals surface area contributed by atoms with Crippen LogP contribution in [-0.2, 0) is 0 Å². The molecule has 0 saturated heterocycles. The number of fused-ring (bicyclic) bond motifs is 6. The first-order chi connectivity index (χ1) is 24.8. The third-order valence-electron chi connectivity index (χ3n) is 9.42. The van der Waals surface area contributed by atoms with Crippen LogP contribution in [0.1, 0.15) is 0 Å². The summed E-state index contributed by atoms with van der Waals surface area (Å²) in [6.07, 6.45) is 3.67. The smallest absolute Gasteiger partial charge is 0.160 e. The third kappa shape index (κ3) is 4.67. The highest BCUT2D eigenvalue weighted by atomic mass is 16.3. The molecule has 0 aliphatic heterocycles. The zero-order chi connectivity index (χ0) is 33.0. The number of pyridine rings is 1. The van der Waals surface area contributed by atoms with Crippen molar-refractivity contribution in [2.75, 3.05) is 0 Å². The molecule has 0 atom stereocenters. The maximum atomic E-state index is 6.69. The summed E-state index contributed by atoms with van der Waals surface area (Å²) in [4.78, 5) is 14.6. The van der Waals surface area contributed by atoms with Gasteiger partial charge in [-0.25, -0.2) is 9.97 Å². The maximum Gasteiger partial charge on any atom is 0.160 e. The van der Waals surface area contributed by atoms with Crippen molar-refractivity contribution < 1.29 is 8.83 Å². The first-order valence-corrected chi connectivity index (χ1v) is 16.6. The second-order valence-corrected chi connectivity index (χ2v) is 12.4. The van der Waals surface area contributed by atoms with Crippen LogP contribution in [-0.4, -0.2) is 15.0 Å². The molecule has 10 aromatic rings. The number of furan rings is 2. The summed E-state index contributed by atoms with van der Waals surface area (Å²) in [7, 11) is 0. The highest BCUT2D eigenvalue weighted by Gasteiger charge is 2.20. The molecule has 0 amide bonds. The molecule has 0 aliphatic carbocycles. The van der Waals surface area contributed by atoms with Gasteiger partial charge >= 0.3 is 0 Å². The van der Waals surface area contributed by atoms with Crippen LogP contribution < -0.4 is 0 Å². The van der Waals surface area contributed by atoms with Gasteiger partial charge in [0, 0.05) is 56.2 Å². The van der Waals surface area contributed by atoms with Crippen LogP contribution in [0.3, 0.4) is 0 Å². The number of nitrogens with zero attached hydrogens (tertiary/aromatic N) is 3. The van der Waals surface area contributed by atoms with Gasteiger partial charge in [-0.3, -0.25) is 4.98 Å². The van der Waals surface area contributed by atoms with Crippen molar-refractivity contribution in [3.63, 3.8) is 0 Å². The molecule has 4 heterocycles. The average molecular weight is 642 g/mol. The van der Waals surface area contributed by atoms with E-state index in [0.717, 1.165) is 94.2 Å². The van der Waals surface area contributed by atoms with E-state index in [1.807, 2.05) is 60.8 Å². The van der Waals surface area contributed by atoms with E-state index >= 15 is 0 Å². The van der Waals surface area contributed by atoms with Crippen molar-refractivity contribution in [3.8, 4) is 56.2 Å². The Morgan fingerprint density at radius 3 is 1.88 bits per heavy atom. The van der Waals surface area contributed by atoms with E-state index in [0.29, 0.717) is 5.82 Å². The van der Waals surface area contributed by atoms with E-state index in [4.69, 9.17) is 18.8 Å². The molecule has 0 spiro atoms. The van der Waals surface area contributed by atoms with Gasteiger partial charge in [-0.2, -0.15) is 0 Å². The fourth-order valence-electron chi connectivity index (χ4n) is 6.98. The fourth-order valence-corrected chi connectivity index (χ4v) is 6.98. The van der Waals surface area contributed by atoms with Crippen LogP contribution in [0.4, 0.5) is 0 Å². The summed E-state index contributed by atoms with van der Waals surface area (Å²) < 4.78 is 12.8. The van der Waals surface area contributed by atoms with Crippen molar-refractivity contribution in [2.24, 2.45) is 0 Å². The lowest BCUT2D eigenvalue weighted by Gasteiger charge is -2.12. The Morgan fingerprint density at radius 2 is 1.06 bits per heavy atom. The molecule has 50 heavy (non-hydrogen) atoms. The molecule has 0 N–H and O–H groups in total. The van der Waals surface area contributed by atoms with Crippen molar-refractivity contribution in [2.45, 2.75) is 0 Å². The van der Waals surface area contributed by atoms with Crippen LogP contribution in [0.2, 0.25) is 0 Å². The Hall–Kier alpha value is -6.85. The Morgan fingerprint density at radius 1 is 0.400 bits per heavy atom. The fraction of sp³-hybridized carbons (Fsp3) is 0. The van der Waals surface area contributed by atoms with Gasteiger partial charge < -0.3 is 8.83 Å². The lowest BCUT2D eigenvalue weighted by atomic mass is 9.95. The van der Waals surface area contributed by atoms with E-state index in [1.165, 1.54) is 0 Å².